The Morgan fingerprint density at radius 1 is 0.426 bits per heavy atom. The molecule has 1 aliphatic rings. The third-order valence-electron chi connectivity index (χ3n) is 8.92. The molecule has 4 aromatic carbocycles. The Labute approximate surface area is 283 Å². The van der Waals surface area contributed by atoms with Gasteiger partial charge in [0.15, 0.2) is 0 Å². The van der Waals surface area contributed by atoms with Gasteiger partial charge in [0, 0.05) is 33.4 Å². The maximum Gasteiger partial charge on any atom is 0.494 e. The molecule has 2 nitrogen and oxygen atoms in total. The lowest BCUT2D eigenvalue weighted by Gasteiger charge is -2.32. The van der Waals surface area contributed by atoms with Crippen LogP contribution in [0.2, 0.25) is 0 Å². The first-order valence-electron chi connectivity index (χ1n) is 16.4. The van der Waals surface area contributed by atoms with E-state index in [1.165, 1.54) is 11.1 Å². The van der Waals surface area contributed by atoms with Crippen LogP contribution in [0.25, 0.3) is 0 Å². The zero-order valence-electron chi connectivity index (χ0n) is 29.6. The normalized spacial score (nSPS) is 15.1. The zero-order chi connectivity index (χ0) is 34.0. The van der Waals surface area contributed by atoms with Crippen LogP contribution in [0, 0.1) is 35.5 Å². The van der Waals surface area contributed by atoms with Crippen molar-refractivity contribution in [2.24, 2.45) is 0 Å². The molecule has 236 valence electrons. The fraction of sp³-hybridized carbons (Fsp3) is 0.318. The van der Waals surface area contributed by atoms with E-state index in [1.54, 1.807) is 0 Å². The van der Waals surface area contributed by atoms with Crippen LogP contribution < -0.4 is 5.46 Å². The van der Waals surface area contributed by atoms with Gasteiger partial charge in [0.25, 0.3) is 0 Å². The van der Waals surface area contributed by atoms with Crippen LogP contribution in [0.15, 0.2) is 91.0 Å². The van der Waals surface area contributed by atoms with E-state index in [1.807, 2.05) is 42.5 Å². The molecule has 5 rings (SSSR count). The molecule has 0 aromatic heterocycles. The maximum absolute atomic E-state index is 6.21. The van der Waals surface area contributed by atoms with E-state index in [2.05, 4.69) is 153 Å². The molecule has 3 heteroatoms. The van der Waals surface area contributed by atoms with Crippen LogP contribution in [0.4, 0.5) is 0 Å². The van der Waals surface area contributed by atoms with E-state index >= 15 is 0 Å². The summed E-state index contributed by atoms with van der Waals surface area (Å²) < 4.78 is 12.4. The largest absolute Gasteiger partial charge is 0.494 e. The first-order chi connectivity index (χ1) is 22.0. The molecular weight excluding hydrogens is 571 g/mol. The van der Waals surface area contributed by atoms with Crippen molar-refractivity contribution in [3.63, 3.8) is 0 Å². The molecule has 0 saturated carbocycles. The van der Waals surface area contributed by atoms with Crippen LogP contribution in [0.1, 0.15) is 114 Å². The topological polar surface area (TPSA) is 18.5 Å². The van der Waals surface area contributed by atoms with E-state index in [-0.39, 0.29) is 22.0 Å². The van der Waals surface area contributed by atoms with Crippen LogP contribution in [0.3, 0.4) is 0 Å². The molecule has 4 aromatic rings. The second kappa shape index (κ2) is 13.0. The lowest BCUT2D eigenvalue weighted by molar-refractivity contribution is 0.00578. The van der Waals surface area contributed by atoms with Crippen molar-refractivity contribution in [2.45, 2.75) is 91.3 Å². The molecule has 0 N–H and O–H groups in total. The predicted octanol–water partition coefficient (Wildman–Crippen LogP) is 8.78. The highest BCUT2D eigenvalue weighted by atomic mass is 16.7. The molecule has 0 spiro atoms. The molecule has 0 amide bonds. The highest BCUT2D eigenvalue weighted by Crippen LogP contribution is 2.36. The van der Waals surface area contributed by atoms with Gasteiger partial charge in [-0.25, -0.2) is 0 Å². The Bertz CT molecular complexity index is 1820. The van der Waals surface area contributed by atoms with Crippen molar-refractivity contribution >= 4 is 12.6 Å². The predicted molar refractivity (Wildman–Crippen MR) is 197 cm³/mol. The standard InChI is InChI=1S/C44H45BO2/c1-41(2,3)38-23-17-32(18-24-38)11-14-35-29-36(15-12-33-19-25-39(26-20-33)42(4,5)6)31-37(30-35)16-13-34-21-27-40(28-22-34)45-46-43(7,8)44(9,10)47-45/h17-31H,1-10H3. The van der Waals surface area contributed by atoms with Gasteiger partial charge in [0.1, 0.15) is 0 Å². The lowest BCUT2D eigenvalue weighted by atomic mass is 9.79. The van der Waals surface area contributed by atoms with E-state index in [9.17, 15) is 0 Å². The number of benzene rings is 4. The summed E-state index contributed by atoms with van der Waals surface area (Å²) in [6.45, 7) is 21.6. The Morgan fingerprint density at radius 3 is 1.00 bits per heavy atom. The monoisotopic (exact) mass is 616 g/mol. The van der Waals surface area contributed by atoms with E-state index in [0.29, 0.717) is 0 Å². The summed E-state index contributed by atoms with van der Waals surface area (Å²) in [4.78, 5) is 0. The minimum Gasteiger partial charge on any atom is -0.399 e. The summed E-state index contributed by atoms with van der Waals surface area (Å²) >= 11 is 0. The average molecular weight is 617 g/mol. The van der Waals surface area contributed by atoms with Crippen LogP contribution in [-0.2, 0) is 20.1 Å². The molecule has 0 aliphatic carbocycles. The minimum atomic E-state index is -0.396. The summed E-state index contributed by atoms with van der Waals surface area (Å²) in [6.07, 6.45) is 0. The minimum absolute atomic E-state index is 0.103. The Balaban J connectivity index is 1.43. The van der Waals surface area contributed by atoms with Gasteiger partial charge < -0.3 is 9.31 Å². The average Bonchev–Trinajstić information content (AvgIpc) is 3.23. The van der Waals surface area contributed by atoms with Gasteiger partial charge in [-0.05, 0) is 110 Å². The molecule has 1 fully saturated rings. The van der Waals surface area contributed by atoms with Gasteiger partial charge in [0.2, 0.25) is 0 Å². The van der Waals surface area contributed by atoms with Crippen LogP contribution in [-0.4, -0.2) is 18.3 Å². The van der Waals surface area contributed by atoms with Crippen molar-refractivity contribution in [3.8, 4) is 35.5 Å². The van der Waals surface area contributed by atoms with Gasteiger partial charge in [0.05, 0.1) is 11.2 Å². The summed E-state index contributed by atoms with van der Waals surface area (Å²) in [7, 11) is -0.396. The first kappa shape index (κ1) is 33.9. The fourth-order valence-electron chi connectivity index (χ4n) is 5.09. The van der Waals surface area contributed by atoms with Crippen molar-refractivity contribution in [1.29, 1.82) is 0 Å². The molecule has 0 bridgehead atoms. The SMILES string of the molecule is CC(C)(C)c1ccc(C#Cc2cc(C#Cc3ccc(B4OC(C)(C)C(C)(C)O4)cc3)cc(C#Cc3ccc(C(C)(C)C)cc3)c2)cc1. The van der Waals surface area contributed by atoms with E-state index in [0.717, 1.165) is 38.8 Å². The molecule has 1 heterocycles. The van der Waals surface area contributed by atoms with Gasteiger partial charge in [-0.2, -0.15) is 0 Å². The van der Waals surface area contributed by atoms with Crippen LogP contribution in [0.5, 0.6) is 0 Å². The smallest absolute Gasteiger partial charge is 0.399 e. The first-order valence-corrected chi connectivity index (χ1v) is 16.4. The van der Waals surface area contributed by atoms with E-state index in [4.69, 9.17) is 9.31 Å². The van der Waals surface area contributed by atoms with Gasteiger partial charge >= 0.3 is 7.12 Å². The van der Waals surface area contributed by atoms with Gasteiger partial charge in [-0.1, -0.05) is 113 Å². The summed E-state index contributed by atoms with van der Waals surface area (Å²) in [5, 5.41) is 0. The number of hydrogen-bond donors (Lipinski definition) is 0. The van der Waals surface area contributed by atoms with E-state index < -0.39 is 7.12 Å². The third kappa shape index (κ3) is 8.48. The highest BCUT2D eigenvalue weighted by Gasteiger charge is 2.51. The quantitative estimate of drug-likeness (QED) is 0.157. The molecule has 0 unspecified atom stereocenters. The maximum atomic E-state index is 6.21. The molecule has 0 radical (unpaired) electrons. The molecule has 47 heavy (non-hydrogen) atoms. The molecular formula is C44H45BO2. The summed E-state index contributed by atoms with van der Waals surface area (Å²) in [6, 6.07) is 31.2. The molecule has 0 atom stereocenters. The van der Waals surface area contributed by atoms with Crippen molar-refractivity contribution < 1.29 is 9.31 Å². The van der Waals surface area contributed by atoms with Gasteiger partial charge in [-0.15, -0.1) is 0 Å². The van der Waals surface area contributed by atoms with Crippen molar-refractivity contribution in [3.05, 3.63) is 136 Å². The molecule has 1 aliphatic heterocycles. The summed E-state index contributed by atoms with van der Waals surface area (Å²) in [5.74, 6) is 20.1. The number of rotatable bonds is 1. The second-order valence-electron chi connectivity index (χ2n) is 15.4. The zero-order valence-corrected chi connectivity index (χ0v) is 29.6. The Hall–Kier alpha value is -4.46. The van der Waals surface area contributed by atoms with Gasteiger partial charge in [-0.3, -0.25) is 0 Å². The van der Waals surface area contributed by atoms with Crippen molar-refractivity contribution in [2.75, 3.05) is 0 Å². The summed E-state index contributed by atoms with van der Waals surface area (Å²) in [5.41, 5.74) is 8.48. The fourth-order valence-corrected chi connectivity index (χ4v) is 5.09. The Kier molecular flexibility index (Phi) is 9.36. The number of hydrogen-bond acceptors (Lipinski definition) is 2. The van der Waals surface area contributed by atoms with Crippen LogP contribution >= 0.6 is 0 Å². The third-order valence-corrected chi connectivity index (χ3v) is 8.92. The Morgan fingerprint density at radius 2 is 0.702 bits per heavy atom. The van der Waals surface area contributed by atoms with Crippen molar-refractivity contribution in [1.82, 2.24) is 0 Å². The second-order valence-corrected chi connectivity index (χ2v) is 15.4. The lowest BCUT2D eigenvalue weighted by Crippen LogP contribution is -2.41. The molecule has 1 saturated heterocycles. The highest BCUT2D eigenvalue weighted by molar-refractivity contribution is 6.62.